The van der Waals surface area contributed by atoms with Crippen molar-refractivity contribution in [3.05, 3.63) is 40.7 Å². The zero-order chi connectivity index (χ0) is 19.4. The minimum absolute atomic E-state index is 0.191. The topological polar surface area (TPSA) is 103 Å². The van der Waals surface area contributed by atoms with Gasteiger partial charge in [0.1, 0.15) is 5.75 Å². The van der Waals surface area contributed by atoms with Gasteiger partial charge in [0, 0.05) is 38.1 Å². The molecule has 1 fully saturated rings. The number of benzene rings is 1. The minimum atomic E-state index is -1.10. The van der Waals surface area contributed by atoms with Gasteiger partial charge in [0.05, 0.1) is 16.3 Å². The Kier molecular flexibility index (Phi) is 5.98. The third-order valence-electron chi connectivity index (χ3n) is 4.25. The van der Waals surface area contributed by atoms with Gasteiger partial charge in [0.2, 0.25) is 0 Å². The zero-order valence-corrected chi connectivity index (χ0v) is 15.5. The van der Waals surface area contributed by atoms with E-state index in [4.69, 9.17) is 26.2 Å². The van der Waals surface area contributed by atoms with Crippen LogP contribution in [0.3, 0.4) is 0 Å². The number of carbonyl (C=O) groups is 2. The molecular weight excluding hydrogens is 374 g/mol. The maximum absolute atomic E-state index is 12.8. The summed E-state index contributed by atoms with van der Waals surface area (Å²) in [6, 6.07) is 4.64. The number of nitrogens with one attached hydrogen (secondary N) is 1. The first-order valence-electron chi connectivity index (χ1n) is 8.51. The summed E-state index contributed by atoms with van der Waals surface area (Å²) < 4.78 is 12.1. The Labute approximate surface area is 161 Å². The standard InChI is InChI=1S/C18H20ClN3O5/c1-22-9-13(17(21-22)11-4-6-26-7-5-11)18(25)20-12-2-3-15(14(19)8-12)27-10-16(23)24/h2-3,8-9,11H,4-7,10H2,1H3,(H,20,25)(H,23,24). The Morgan fingerprint density at radius 3 is 2.81 bits per heavy atom. The molecular formula is C18H20ClN3O5. The Morgan fingerprint density at radius 2 is 2.15 bits per heavy atom. The Morgan fingerprint density at radius 1 is 1.41 bits per heavy atom. The monoisotopic (exact) mass is 393 g/mol. The van der Waals surface area contributed by atoms with Crippen LogP contribution in [0.2, 0.25) is 5.02 Å². The van der Waals surface area contributed by atoms with Crippen molar-refractivity contribution in [2.75, 3.05) is 25.1 Å². The molecule has 1 aromatic carbocycles. The molecule has 1 aliphatic rings. The van der Waals surface area contributed by atoms with E-state index in [-0.39, 0.29) is 22.6 Å². The summed E-state index contributed by atoms with van der Waals surface area (Å²) in [5, 5.41) is 16.1. The lowest BCUT2D eigenvalue weighted by molar-refractivity contribution is -0.139. The van der Waals surface area contributed by atoms with E-state index in [1.54, 1.807) is 24.0 Å². The highest BCUT2D eigenvalue weighted by atomic mass is 35.5. The Balaban J connectivity index is 1.74. The summed E-state index contributed by atoms with van der Waals surface area (Å²) in [5.74, 6) is -0.946. The van der Waals surface area contributed by atoms with Gasteiger partial charge in [-0.2, -0.15) is 5.10 Å². The van der Waals surface area contributed by atoms with E-state index in [2.05, 4.69) is 10.4 Å². The molecule has 0 atom stereocenters. The number of amides is 1. The number of carboxylic acid groups (broad SMARTS) is 1. The molecule has 0 unspecified atom stereocenters. The van der Waals surface area contributed by atoms with Gasteiger partial charge >= 0.3 is 5.97 Å². The van der Waals surface area contributed by atoms with Gasteiger partial charge in [0.15, 0.2) is 6.61 Å². The highest BCUT2D eigenvalue weighted by molar-refractivity contribution is 6.32. The molecule has 3 rings (SSSR count). The summed E-state index contributed by atoms with van der Waals surface area (Å²) in [7, 11) is 1.78. The van der Waals surface area contributed by atoms with Crippen LogP contribution in [0.15, 0.2) is 24.4 Å². The van der Waals surface area contributed by atoms with E-state index >= 15 is 0 Å². The molecule has 0 bridgehead atoms. The van der Waals surface area contributed by atoms with Crippen LogP contribution in [0.1, 0.15) is 34.8 Å². The number of aromatic nitrogens is 2. The van der Waals surface area contributed by atoms with Gasteiger partial charge in [-0.1, -0.05) is 11.6 Å². The number of rotatable bonds is 6. The lowest BCUT2D eigenvalue weighted by Gasteiger charge is -2.21. The number of aliphatic carboxylic acids is 1. The second kappa shape index (κ2) is 8.41. The molecule has 0 saturated carbocycles. The van der Waals surface area contributed by atoms with E-state index in [1.807, 2.05) is 0 Å². The smallest absolute Gasteiger partial charge is 0.341 e. The number of hydrogen-bond acceptors (Lipinski definition) is 5. The molecule has 2 N–H and O–H groups in total. The van der Waals surface area contributed by atoms with Crippen LogP contribution in [-0.2, 0) is 16.6 Å². The molecule has 27 heavy (non-hydrogen) atoms. The summed E-state index contributed by atoms with van der Waals surface area (Å²) in [5.41, 5.74) is 1.77. The number of carboxylic acids is 1. The van der Waals surface area contributed by atoms with E-state index in [0.29, 0.717) is 24.5 Å². The second-order valence-electron chi connectivity index (χ2n) is 6.27. The van der Waals surface area contributed by atoms with Crippen LogP contribution < -0.4 is 10.1 Å². The molecule has 1 amide bonds. The van der Waals surface area contributed by atoms with Crippen molar-refractivity contribution in [3.8, 4) is 5.75 Å². The fourth-order valence-electron chi connectivity index (χ4n) is 2.99. The van der Waals surface area contributed by atoms with Crippen molar-refractivity contribution in [1.82, 2.24) is 9.78 Å². The number of aryl methyl sites for hydroxylation is 1. The number of hydrogen-bond donors (Lipinski definition) is 2. The third-order valence-corrected chi connectivity index (χ3v) is 4.55. The molecule has 0 spiro atoms. The molecule has 2 aromatic rings. The Hall–Kier alpha value is -2.58. The van der Waals surface area contributed by atoms with Crippen LogP contribution in [0, 0.1) is 0 Å². The fourth-order valence-corrected chi connectivity index (χ4v) is 3.22. The first kappa shape index (κ1) is 19.2. The number of halogens is 1. The zero-order valence-electron chi connectivity index (χ0n) is 14.8. The number of nitrogens with zero attached hydrogens (tertiary/aromatic N) is 2. The normalized spacial score (nSPS) is 14.7. The maximum atomic E-state index is 12.8. The van der Waals surface area contributed by atoms with Gasteiger partial charge in [0.25, 0.3) is 5.91 Å². The largest absolute Gasteiger partial charge is 0.480 e. The van der Waals surface area contributed by atoms with Crippen LogP contribution in [0.5, 0.6) is 5.75 Å². The van der Waals surface area contributed by atoms with E-state index < -0.39 is 12.6 Å². The van der Waals surface area contributed by atoms with Crippen LogP contribution >= 0.6 is 11.6 Å². The van der Waals surface area contributed by atoms with Crippen molar-refractivity contribution in [1.29, 1.82) is 0 Å². The molecule has 2 heterocycles. The second-order valence-corrected chi connectivity index (χ2v) is 6.68. The molecule has 144 valence electrons. The maximum Gasteiger partial charge on any atom is 0.341 e. The molecule has 1 aromatic heterocycles. The quantitative estimate of drug-likeness (QED) is 0.782. The first-order valence-corrected chi connectivity index (χ1v) is 8.88. The van der Waals surface area contributed by atoms with Gasteiger partial charge in [-0.3, -0.25) is 9.48 Å². The molecule has 9 heteroatoms. The fraction of sp³-hybridized carbons (Fsp3) is 0.389. The number of carbonyl (C=O) groups excluding carboxylic acids is 1. The molecule has 0 radical (unpaired) electrons. The molecule has 1 saturated heterocycles. The average molecular weight is 394 g/mol. The highest BCUT2D eigenvalue weighted by Crippen LogP contribution is 2.30. The Bertz CT molecular complexity index is 846. The summed E-state index contributed by atoms with van der Waals surface area (Å²) >= 11 is 6.10. The average Bonchev–Trinajstić information content (AvgIpc) is 3.03. The number of anilines is 1. The third kappa shape index (κ3) is 4.78. The van der Waals surface area contributed by atoms with E-state index in [1.165, 1.54) is 12.1 Å². The van der Waals surface area contributed by atoms with Crippen molar-refractivity contribution in [3.63, 3.8) is 0 Å². The van der Waals surface area contributed by atoms with Crippen LogP contribution in [0.25, 0.3) is 0 Å². The first-order chi connectivity index (χ1) is 12.9. The summed E-state index contributed by atoms with van der Waals surface area (Å²) in [4.78, 5) is 23.3. The van der Waals surface area contributed by atoms with Gasteiger partial charge in [-0.05, 0) is 31.0 Å². The van der Waals surface area contributed by atoms with Gasteiger partial charge in [-0.25, -0.2) is 4.79 Å². The van der Waals surface area contributed by atoms with Gasteiger partial charge < -0.3 is 19.9 Å². The lowest BCUT2D eigenvalue weighted by atomic mass is 9.94. The number of ether oxygens (including phenoxy) is 2. The highest BCUT2D eigenvalue weighted by Gasteiger charge is 2.25. The molecule has 1 aliphatic heterocycles. The van der Waals surface area contributed by atoms with Crippen LogP contribution in [0.4, 0.5) is 5.69 Å². The van der Waals surface area contributed by atoms with Crippen molar-refractivity contribution in [2.45, 2.75) is 18.8 Å². The van der Waals surface area contributed by atoms with Crippen LogP contribution in [-0.4, -0.2) is 46.6 Å². The molecule has 8 nitrogen and oxygen atoms in total. The summed E-state index contributed by atoms with van der Waals surface area (Å²) in [6.45, 7) is 0.834. The molecule has 0 aliphatic carbocycles. The van der Waals surface area contributed by atoms with Crippen molar-refractivity contribution < 1.29 is 24.2 Å². The predicted octanol–water partition coefficient (Wildman–Crippen LogP) is 2.68. The van der Waals surface area contributed by atoms with E-state index in [9.17, 15) is 9.59 Å². The van der Waals surface area contributed by atoms with E-state index in [0.717, 1.165) is 18.5 Å². The van der Waals surface area contributed by atoms with Gasteiger partial charge in [-0.15, -0.1) is 0 Å². The van der Waals surface area contributed by atoms with Crippen molar-refractivity contribution >= 4 is 29.2 Å². The predicted molar refractivity (Wildman–Crippen MR) is 98.5 cm³/mol. The minimum Gasteiger partial charge on any atom is -0.480 e. The van der Waals surface area contributed by atoms with Crippen molar-refractivity contribution in [2.24, 2.45) is 7.05 Å². The SMILES string of the molecule is Cn1cc(C(=O)Nc2ccc(OCC(=O)O)c(Cl)c2)c(C2CCOCC2)n1. The lowest BCUT2D eigenvalue weighted by Crippen LogP contribution is -2.19. The summed E-state index contributed by atoms with van der Waals surface area (Å²) in [6.07, 6.45) is 3.36.